The molecule has 0 spiro atoms. The van der Waals surface area contributed by atoms with Crippen LogP contribution in [-0.4, -0.2) is 23.2 Å². The van der Waals surface area contributed by atoms with Gasteiger partial charge in [0, 0.05) is 5.54 Å². The van der Waals surface area contributed by atoms with Gasteiger partial charge in [0.2, 0.25) is 0 Å². The zero-order valence-electron chi connectivity index (χ0n) is 11.2. The lowest BCUT2D eigenvalue weighted by molar-refractivity contribution is 0.0887. The van der Waals surface area contributed by atoms with Crippen molar-refractivity contribution in [2.75, 3.05) is 6.61 Å². The molecule has 0 aromatic carbocycles. The molecule has 2 rings (SSSR count). The summed E-state index contributed by atoms with van der Waals surface area (Å²) < 4.78 is 0. The van der Waals surface area contributed by atoms with Gasteiger partial charge < -0.3 is 10.4 Å². The molecule has 4 heteroatoms. The SMILES string of the molecule is CC1(NC(=O)c2ccc(C#CCO)s2)CCCCC1. The van der Waals surface area contributed by atoms with E-state index in [1.807, 2.05) is 6.07 Å². The van der Waals surface area contributed by atoms with Gasteiger partial charge in [0.05, 0.1) is 9.75 Å². The summed E-state index contributed by atoms with van der Waals surface area (Å²) in [6.07, 6.45) is 5.76. The zero-order chi connectivity index (χ0) is 13.7. The first-order valence-corrected chi connectivity index (χ1v) is 7.47. The van der Waals surface area contributed by atoms with Crippen molar-refractivity contribution in [3.05, 3.63) is 21.9 Å². The minimum absolute atomic E-state index is 0.00792. The Morgan fingerprint density at radius 3 is 2.84 bits per heavy atom. The minimum Gasteiger partial charge on any atom is -0.384 e. The normalized spacial score (nSPS) is 17.4. The van der Waals surface area contributed by atoms with Crippen LogP contribution in [0.1, 0.15) is 53.6 Å². The average molecular weight is 277 g/mol. The Hall–Kier alpha value is -1.31. The lowest BCUT2D eigenvalue weighted by Crippen LogP contribution is -2.46. The number of carbonyl (C=O) groups is 1. The molecule has 1 aliphatic rings. The van der Waals surface area contributed by atoms with Gasteiger partial charge in [-0.15, -0.1) is 11.3 Å². The van der Waals surface area contributed by atoms with Crippen molar-refractivity contribution < 1.29 is 9.90 Å². The predicted molar refractivity (Wildman–Crippen MR) is 77.2 cm³/mol. The summed E-state index contributed by atoms with van der Waals surface area (Å²) in [6, 6.07) is 3.62. The fourth-order valence-electron chi connectivity index (χ4n) is 2.45. The molecule has 1 aromatic heterocycles. The van der Waals surface area contributed by atoms with Crippen molar-refractivity contribution >= 4 is 17.2 Å². The maximum Gasteiger partial charge on any atom is 0.261 e. The summed E-state index contributed by atoms with van der Waals surface area (Å²) in [5.41, 5.74) is -0.0593. The van der Waals surface area contributed by atoms with E-state index in [9.17, 15) is 4.79 Å². The average Bonchev–Trinajstić information content (AvgIpc) is 2.85. The van der Waals surface area contributed by atoms with E-state index in [2.05, 4.69) is 24.1 Å². The van der Waals surface area contributed by atoms with Gasteiger partial charge in [-0.25, -0.2) is 0 Å². The van der Waals surface area contributed by atoms with Crippen molar-refractivity contribution in [3.63, 3.8) is 0 Å². The second kappa shape index (κ2) is 6.23. The Morgan fingerprint density at radius 2 is 2.16 bits per heavy atom. The number of rotatable bonds is 2. The van der Waals surface area contributed by atoms with Gasteiger partial charge in [0.15, 0.2) is 0 Å². The molecule has 1 saturated carbocycles. The van der Waals surface area contributed by atoms with E-state index in [0.29, 0.717) is 4.88 Å². The molecule has 19 heavy (non-hydrogen) atoms. The van der Waals surface area contributed by atoms with Crippen molar-refractivity contribution in [2.45, 2.75) is 44.6 Å². The molecule has 3 nitrogen and oxygen atoms in total. The predicted octanol–water partition coefficient (Wildman–Crippen LogP) is 2.54. The Kier molecular flexibility index (Phi) is 4.62. The zero-order valence-corrected chi connectivity index (χ0v) is 12.0. The molecule has 1 aromatic rings. The minimum atomic E-state index is -0.155. The standard InChI is InChI=1S/C15H19NO2S/c1-15(9-3-2-4-10-15)16-14(18)13-8-7-12(19-13)6-5-11-17/h7-8,17H,2-4,9-11H2,1H3,(H,16,18). The van der Waals surface area contributed by atoms with Crippen LogP contribution in [0.2, 0.25) is 0 Å². The monoisotopic (exact) mass is 277 g/mol. The Morgan fingerprint density at radius 1 is 1.42 bits per heavy atom. The molecule has 0 aliphatic heterocycles. The second-order valence-corrected chi connectivity index (χ2v) is 6.28. The molecule has 0 atom stereocenters. The first-order valence-electron chi connectivity index (χ1n) is 6.65. The van der Waals surface area contributed by atoms with Crippen LogP contribution >= 0.6 is 11.3 Å². The first kappa shape index (κ1) is 14.1. The van der Waals surface area contributed by atoms with E-state index in [-0.39, 0.29) is 18.1 Å². The molecule has 1 aliphatic carbocycles. The van der Waals surface area contributed by atoms with Gasteiger partial charge in [-0.1, -0.05) is 31.1 Å². The number of carbonyl (C=O) groups excluding carboxylic acids is 1. The van der Waals surface area contributed by atoms with E-state index in [1.54, 1.807) is 6.07 Å². The first-order chi connectivity index (χ1) is 9.13. The van der Waals surface area contributed by atoms with Crippen molar-refractivity contribution in [1.29, 1.82) is 0 Å². The maximum atomic E-state index is 12.2. The van der Waals surface area contributed by atoms with Gasteiger partial charge >= 0.3 is 0 Å². The number of amides is 1. The van der Waals surface area contributed by atoms with Crippen LogP contribution in [0, 0.1) is 11.8 Å². The van der Waals surface area contributed by atoms with Crippen LogP contribution in [0.15, 0.2) is 12.1 Å². The van der Waals surface area contributed by atoms with Crippen molar-refractivity contribution in [2.24, 2.45) is 0 Å². The van der Waals surface area contributed by atoms with Gasteiger partial charge in [-0.3, -0.25) is 4.79 Å². The highest BCUT2D eigenvalue weighted by Crippen LogP contribution is 2.28. The summed E-state index contributed by atoms with van der Waals surface area (Å²) >= 11 is 1.37. The highest BCUT2D eigenvalue weighted by atomic mass is 32.1. The topological polar surface area (TPSA) is 49.3 Å². The third-order valence-corrected chi connectivity index (χ3v) is 4.49. The van der Waals surface area contributed by atoms with Crippen LogP contribution in [0.25, 0.3) is 0 Å². The smallest absolute Gasteiger partial charge is 0.261 e. The van der Waals surface area contributed by atoms with Crippen LogP contribution in [-0.2, 0) is 0 Å². The highest BCUT2D eigenvalue weighted by molar-refractivity contribution is 7.14. The molecule has 2 N–H and O–H groups in total. The van der Waals surface area contributed by atoms with Crippen molar-refractivity contribution in [1.82, 2.24) is 5.32 Å². The number of aliphatic hydroxyl groups is 1. The molecule has 0 radical (unpaired) electrons. The lowest BCUT2D eigenvalue weighted by Gasteiger charge is -2.34. The fraction of sp³-hybridized carbons (Fsp3) is 0.533. The molecule has 1 amide bonds. The summed E-state index contributed by atoms with van der Waals surface area (Å²) in [7, 11) is 0. The van der Waals surface area contributed by atoms with Gasteiger partial charge in [0.25, 0.3) is 5.91 Å². The summed E-state index contributed by atoms with van der Waals surface area (Å²) in [4.78, 5) is 13.7. The van der Waals surface area contributed by atoms with E-state index < -0.39 is 0 Å². The van der Waals surface area contributed by atoms with Crippen LogP contribution < -0.4 is 5.32 Å². The molecule has 1 heterocycles. The molecule has 0 saturated heterocycles. The Bertz CT molecular complexity index is 504. The molecule has 0 unspecified atom stereocenters. The Balaban J connectivity index is 2.01. The number of nitrogens with one attached hydrogen (secondary N) is 1. The Labute approximate surface area is 118 Å². The van der Waals surface area contributed by atoms with E-state index in [1.165, 1.54) is 30.6 Å². The van der Waals surface area contributed by atoms with E-state index >= 15 is 0 Å². The number of thiophene rings is 1. The van der Waals surface area contributed by atoms with Crippen LogP contribution in [0.4, 0.5) is 0 Å². The fourth-order valence-corrected chi connectivity index (χ4v) is 3.22. The number of hydrogen-bond donors (Lipinski definition) is 2. The second-order valence-electron chi connectivity index (χ2n) is 5.20. The maximum absolute atomic E-state index is 12.2. The lowest BCUT2D eigenvalue weighted by atomic mass is 9.83. The largest absolute Gasteiger partial charge is 0.384 e. The molecule has 1 fully saturated rings. The molecule has 0 bridgehead atoms. The summed E-state index contributed by atoms with van der Waals surface area (Å²) in [6.45, 7) is 1.97. The van der Waals surface area contributed by atoms with E-state index in [4.69, 9.17) is 5.11 Å². The molecular formula is C15H19NO2S. The van der Waals surface area contributed by atoms with E-state index in [0.717, 1.165) is 17.7 Å². The third-order valence-electron chi connectivity index (χ3n) is 3.49. The van der Waals surface area contributed by atoms with Crippen LogP contribution in [0.3, 0.4) is 0 Å². The van der Waals surface area contributed by atoms with Crippen molar-refractivity contribution in [3.8, 4) is 11.8 Å². The highest BCUT2D eigenvalue weighted by Gasteiger charge is 2.28. The third kappa shape index (κ3) is 3.82. The molecular weight excluding hydrogens is 258 g/mol. The van der Waals surface area contributed by atoms with Crippen LogP contribution in [0.5, 0.6) is 0 Å². The van der Waals surface area contributed by atoms with Gasteiger partial charge in [0.1, 0.15) is 6.61 Å². The van der Waals surface area contributed by atoms with Gasteiger partial charge in [-0.05, 0) is 31.9 Å². The number of hydrogen-bond acceptors (Lipinski definition) is 3. The molecule has 102 valence electrons. The summed E-state index contributed by atoms with van der Waals surface area (Å²) in [5.74, 6) is 5.40. The van der Waals surface area contributed by atoms with Gasteiger partial charge in [-0.2, -0.15) is 0 Å². The summed E-state index contributed by atoms with van der Waals surface area (Å²) in [5, 5.41) is 11.8. The quantitative estimate of drug-likeness (QED) is 0.816. The number of aliphatic hydroxyl groups excluding tert-OH is 1.